The molecule has 0 heterocycles. The number of hydrogen-bond acceptors (Lipinski definition) is 15. The van der Waals surface area contributed by atoms with Gasteiger partial charge in [-0.15, -0.1) is 0 Å². The van der Waals surface area contributed by atoms with Crippen LogP contribution < -0.4 is 0 Å². The van der Waals surface area contributed by atoms with E-state index in [-0.39, 0.29) is 25.7 Å². The lowest BCUT2D eigenvalue weighted by Crippen LogP contribution is -2.30. The number of rotatable bonds is 71. The third kappa shape index (κ3) is 66.5. The Balaban J connectivity index is 5.19. The first-order valence-corrected chi connectivity index (χ1v) is 40.5. The second kappa shape index (κ2) is 64.1. The third-order valence-electron chi connectivity index (χ3n) is 16.7. The molecule has 19 heteroatoms. The maximum absolute atomic E-state index is 13.0. The van der Waals surface area contributed by atoms with Gasteiger partial charge in [-0.25, -0.2) is 9.13 Å². The molecule has 0 aromatic rings. The molecule has 3 N–H and O–H groups in total. The van der Waals surface area contributed by atoms with Crippen LogP contribution in [0.3, 0.4) is 0 Å². The van der Waals surface area contributed by atoms with Crippen molar-refractivity contribution in [2.75, 3.05) is 39.6 Å². The van der Waals surface area contributed by atoms with Crippen LogP contribution in [0.25, 0.3) is 0 Å². The van der Waals surface area contributed by atoms with Gasteiger partial charge in [-0.1, -0.05) is 318 Å². The molecule has 2 unspecified atom stereocenters. The molecule has 0 fully saturated rings. The summed E-state index contributed by atoms with van der Waals surface area (Å²) in [4.78, 5) is 72.5. The van der Waals surface area contributed by atoms with Gasteiger partial charge in [0.1, 0.15) is 19.3 Å². The summed E-state index contributed by atoms with van der Waals surface area (Å²) in [6, 6.07) is 0. The van der Waals surface area contributed by atoms with Crippen LogP contribution in [-0.4, -0.2) is 96.7 Å². The maximum Gasteiger partial charge on any atom is 0.472 e. The third-order valence-corrected chi connectivity index (χ3v) is 18.6. The topological polar surface area (TPSA) is 237 Å². The normalized spacial score (nSPS) is 14.1. The van der Waals surface area contributed by atoms with Gasteiger partial charge >= 0.3 is 39.5 Å². The van der Waals surface area contributed by atoms with E-state index in [1.54, 1.807) is 0 Å². The van der Waals surface area contributed by atoms with E-state index in [2.05, 4.69) is 41.5 Å². The Morgan fingerprint density at radius 2 is 0.505 bits per heavy atom. The fourth-order valence-corrected chi connectivity index (χ4v) is 12.5. The Morgan fingerprint density at radius 1 is 0.297 bits per heavy atom. The Hall–Kier alpha value is -1.94. The molecule has 0 aromatic carbocycles. The van der Waals surface area contributed by atoms with Crippen molar-refractivity contribution in [3.05, 3.63) is 0 Å². The molecule has 0 spiro atoms. The number of phosphoric acid groups is 2. The van der Waals surface area contributed by atoms with Crippen LogP contribution in [0.2, 0.25) is 0 Å². The fraction of sp³-hybridized carbons (Fsp3) is 0.944. The molecule has 540 valence electrons. The quantitative estimate of drug-likeness (QED) is 0.0222. The van der Waals surface area contributed by atoms with Gasteiger partial charge in [-0.2, -0.15) is 0 Å². The van der Waals surface area contributed by atoms with Gasteiger partial charge < -0.3 is 33.8 Å². The van der Waals surface area contributed by atoms with Crippen LogP contribution in [0.15, 0.2) is 0 Å². The minimum Gasteiger partial charge on any atom is -0.462 e. The smallest absolute Gasteiger partial charge is 0.462 e. The zero-order valence-corrected chi connectivity index (χ0v) is 60.9. The van der Waals surface area contributed by atoms with Crippen LogP contribution in [-0.2, 0) is 65.4 Å². The molecule has 0 aliphatic heterocycles. The molecular weight excluding hydrogens is 1200 g/mol. The summed E-state index contributed by atoms with van der Waals surface area (Å²) in [6.07, 6.45) is 50.1. The second-order valence-electron chi connectivity index (χ2n) is 26.9. The number of ether oxygens (including phenoxy) is 4. The number of phosphoric ester groups is 2. The fourth-order valence-electron chi connectivity index (χ4n) is 10.9. The molecule has 0 aliphatic carbocycles. The monoisotopic (exact) mass is 1340 g/mol. The van der Waals surface area contributed by atoms with Gasteiger partial charge in [0.25, 0.3) is 0 Å². The highest BCUT2D eigenvalue weighted by Gasteiger charge is 2.30. The molecule has 0 bridgehead atoms. The molecule has 0 saturated heterocycles. The average molecular weight is 1340 g/mol. The van der Waals surface area contributed by atoms with Crippen molar-refractivity contribution in [2.24, 2.45) is 11.8 Å². The van der Waals surface area contributed by atoms with Crippen molar-refractivity contribution < 1.29 is 80.2 Å². The van der Waals surface area contributed by atoms with E-state index in [0.717, 1.165) is 115 Å². The predicted molar refractivity (Wildman–Crippen MR) is 368 cm³/mol. The lowest BCUT2D eigenvalue weighted by atomic mass is 10.0. The lowest BCUT2D eigenvalue weighted by molar-refractivity contribution is -0.161. The summed E-state index contributed by atoms with van der Waals surface area (Å²) < 4.78 is 68.2. The van der Waals surface area contributed by atoms with Crippen LogP contribution in [0, 0.1) is 11.8 Å². The van der Waals surface area contributed by atoms with Crippen LogP contribution in [0.1, 0.15) is 369 Å². The van der Waals surface area contributed by atoms with E-state index in [1.165, 1.54) is 173 Å². The Labute approximate surface area is 556 Å². The van der Waals surface area contributed by atoms with E-state index >= 15 is 0 Å². The van der Waals surface area contributed by atoms with Gasteiger partial charge in [0.15, 0.2) is 12.2 Å². The highest BCUT2D eigenvalue weighted by Crippen LogP contribution is 2.45. The molecule has 0 saturated carbocycles. The average Bonchev–Trinajstić information content (AvgIpc) is 3.61. The van der Waals surface area contributed by atoms with Crippen LogP contribution >= 0.6 is 15.6 Å². The molecular formula is C72H140O17P2. The van der Waals surface area contributed by atoms with Crippen molar-refractivity contribution in [3.8, 4) is 0 Å². The highest BCUT2D eigenvalue weighted by atomic mass is 31.2. The summed E-state index contributed by atoms with van der Waals surface area (Å²) in [5, 5.41) is 10.6. The largest absolute Gasteiger partial charge is 0.472 e. The van der Waals surface area contributed by atoms with Gasteiger partial charge in [0.05, 0.1) is 26.4 Å². The van der Waals surface area contributed by atoms with Crippen molar-refractivity contribution in [3.63, 3.8) is 0 Å². The second-order valence-corrected chi connectivity index (χ2v) is 29.8. The molecule has 0 aromatic heterocycles. The van der Waals surface area contributed by atoms with E-state index in [0.29, 0.717) is 25.7 Å². The van der Waals surface area contributed by atoms with E-state index < -0.39 is 97.5 Å². The summed E-state index contributed by atoms with van der Waals surface area (Å²) in [5.74, 6) is -0.605. The number of esters is 4. The zero-order valence-electron chi connectivity index (χ0n) is 59.1. The van der Waals surface area contributed by atoms with Gasteiger partial charge in [0.2, 0.25) is 0 Å². The first kappa shape index (κ1) is 89.1. The van der Waals surface area contributed by atoms with Crippen LogP contribution in [0.4, 0.5) is 0 Å². The molecule has 0 aliphatic rings. The van der Waals surface area contributed by atoms with E-state index in [1.807, 2.05) is 0 Å². The lowest BCUT2D eigenvalue weighted by Gasteiger charge is -2.21. The van der Waals surface area contributed by atoms with Crippen molar-refractivity contribution >= 4 is 39.5 Å². The van der Waals surface area contributed by atoms with E-state index in [9.17, 15) is 43.2 Å². The molecule has 0 amide bonds. The van der Waals surface area contributed by atoms with Crippen molar-refractivity contribution in [2.45, 2.75) is 387 Å². The van der Waals surface area contributed by atoms with Crippen molar-refractivity contribution in [1.82, 2.24) is 0 Å². The number of carbonyl (C=O) groups excluding carboxylic acids is 4. The Bertz CT molecular complexity index is 1770. The minimum atomic E-state index is -4.95. The molecule has 17 nitrogen and oxygen atoms in total. The number of aliphatic hydroxyl groups excluding tert-OH is 1. The van der Waals surface area contributed by atoms with Gasteiger partial charge in [0, 0.05) is 25.7 Å². The first-order chi connectivity index (χ1) is 43.9. The highest BCUT2D eigenvalue weighted by molar-refractivity contribution is 7.47. The maximum atomic E-state index is 13.0. The summed E-state index contributed by atoms with van der Waals surface area (Å²) >= 11 is 0. The molecule has 0 radical (unpaired) electrons. The van der Waals surface area contributed by atoms with Gasteiger partial charge in [-0.05, 0) is 37.5 Å². The Morgan fingerprint density at radius 3 is 0.747 bits per heavy atom. The zero-order chi connectivity index (χ0) is 67.2. The SMILES string of the molecule is CCCCCCCCCCCCCCCCCC(=O)OC[C@H](COP(=O)(O)OC[C@@H](O)COP(=O)(O)OC[C@@H](COC(=O)CCCCCCCCC)OC(=O)CCCCCCCCCCC(C)C)OC(=O)CCCCCCCCCCCCCCCCCC(C)C. The number of hydrogen-bond donors (Lipinski definition) is 3. The molecule has 5 atom stereocenters. The number of aliphatic hydroxyl groups is 1. The van der Waals surface area contributed by atoms with Crippen LogP contribution in [0.5, 0.6) is 0 Å². The summed E-state index contributed by atoms with van der Waals surface area (Å²) in [7, 11) is -9.90. The molecule has 91 heavy (non-hydrogen) atoms. The van der Waals surface area contributed by atoms with Crippen molar-refractivity contribution in [1.29, 1.82) is 0 Å². The molecule has 0 rings (SSSR count). The minimum absolute atomic E-state index is 0.104. The predicted octanol–water partition coefficient (Wildman–Crippen LogP) is 20.8. The number of unbranched alkanes of at least 4 members (excludes halogenated alkanes) is 41. The summed E-state index contributed by atoms with van der Waals surface area (Å²) in [5.41, 5.74) is 0. The first-order valence-electron chi connectivity index (χ1n) is 37.5. The van der Waals surface area contributed by atoms with Gasteiger partial charge in [-0.3, -0.25) is 37.3 Å². The van der Waals surface area contributed by atoms with E-state index in [4.69, 9.17) is 37.0 Å². The summed E-state index contributed by atoms with van der Waals surface area (Å²) in [6.45, 7) is 9.51. The number of carbonyl (C=O) groups is 4. The Kier molecular flexibility index (Phi) is 62.7. The standard InChI is InChI=1S/C72H140O17P2/c1-7-9-11-13-15-16-17-18-20-24-27-30-37-43-49-55-70(75)83-61-68(88-71(76)56-50-44-38-31-28-25-22-19-21-23-26-29-35-40-46-52-64(3)4)63-87-91(80,81)85-59-66(73)58-84-90(78,79)86-62-67(60-82-69(74)54-48-42-34-14-12-10-8-2)89-72(77)57-51-45-39-33-32-36-41-47-53-65(5)6/h64-68,73H,7-63H2,1-6H3,(H,78,79)(H,80,81)/t66-,67+,68+/m0/s1.